The largest absolute Gasteiger partial charge is 0.394 e. The molecule has 6 nitrogen and oxygen atoms in total. The van der Waals surface area contributed by atoms with E-state index >= 15 is 0 Å². The van der Waals surface area contributed by atoms with Gasteiger partial charge in [0, 0.05) is 0 Å². The number of aliphatic hydroxyl groups is 4. The fraction of sp³-hybridized carbons (Fsp3) is 0.889. The van der Waals surface area contributed by atoms with Gasteiger partial charge in [-0.2, -0.15) is 0 Å². The van der Waals surface area contributed by atoms with Gasteiger partial charge in [0.25, 0.3) is 0 Å². The van der Waals surface area contributed by atoms with Crippen molar-refractivity contribution in [3.05, 3.63) is 12.2 Å². The van der Waals surface area contributed by atoms with Crippen LogP contribution in [0, 0.1) is 0 Å². The fourth-order valence-electron chi connectivity index (χ4n) is 2.85. The number of hydrogen-bond acceptors (Lipinski definition) is 6. The Hall–Kier alpha value is -0.500. The van der Waals surface area contributed by atoms with E-state index < -0.39 is 42.9 Å². The lowest BCUT2D eigenvalue weighted by molar-refractivity contribution is -0.323. The monoisotopic (exact) mass is 346 g/mol. The number of hydrogen-bond donors (Lipinski definition) is 4. The highest BCUT2D eigenvalue weighted by molar-refractivity contribution is 4.94. The van der Waals surface area contributed by atoms with Crippen molar-refractivity contribution < 1.29 is 29.9 Å². The van der Waals surface area contributed by atoms with Crippen molar-refractivity contribution in [2.45, 2.75) is 95.6 Å². The van der Waals surface area contributed by atoms with Gasteiger partial charge in [-0.15, -0.1) is 0 Å². The van der Waals surface area contributed by atoms with Gasteiger partial charge in [-0.05, 0) is 46.0 Å². The lowest BCUT2D eigenvalue weighted by Crippen LogP contribution is -2.60. The van der Waals surface area contributed by atoms with Crippen molar-refractivity contribution in [1.29, 1.82) is 0 Å². The Morgan fingerprint density at radius 1 is 1.08 bits per heavy atom. The maximum absolute atomic E-state index is 10.0. The van der Waals surface area contributed by atoms with E-state index in [1.165, 1.54) is 5.57 Å². The second-order valence-electron chi connectivity index (χ2n) is 7.28. The molecule has 0 unspecified atom stereocenters. The summed E-state index contributed by atoms with van der Waals surface area (Å²) in [5.74, 6) is 0. The van der Waals surface area contributed by atoms with Gasteiger partial charge in [-0.25, -0.2) is 0 Å². The molecule has 0 amide bonds. The van der Waals surface area contributed by atoms with Crippen LogP contribution < -0.4 is 0 Å². The molecular weight excluding hydrogens is 312 g/mol. The van der Waals surface area contributed by atoms with Crippen LogP contribution in [0.25, 0.3) is 0 Å². The summed E-state index contributed by atoms with van der Waals surface area (Å²) < 4.78 is 11.2. The summed E-state index contributed by atoms with van der Waals surface area (Å²) >= 11 is 0. The van der Waals surface area contributed by atoms with Crippen molar-refractivity contribution in [2.75, 3.05) is 6.61 Å². The normalized spacial score (nSPS) is 31.2. The van der Waals surface area contributed by atoms with E-state index in [1.54, 1.807) is 0 Å². The van der Waals surface area contributed by atoms with Crippen molar-refractivity contribution in [2.24, 2.45) is 0 Å². The zero-order chi connectivity index (χ0) is 18.3. The molecule has 24 heavy (non-hydrogen) atoms. The molecule has 5 atom stereocenters. The first-order valence-electron chi connectivity index (χ1n) is 8.86. The van der Waals surface area contributed by atoms with Crippen LogP contribution in [-0.2, 0) is 9.47 Å². The molecule has 0 spiro atoms. The van der Waals surface area contributed by atoms with Crippen molar-refractivity contribution in [3.8, 4) is 0 Å². The van der Waals surface area contributed by atoms with E-state index in [-0.39, 0.29) is 0 Å². The Bertz CT molecular complexity index is 382. The second-order valence-corrected chi connectivity index (χ2v) is 7.28. The second kappa shape index (κ2) is 9.85. The van der Waals surface area contributed by atoms with Gasteiger partial charge in [0.05, 0.1) is 12.2 Å². The third kappa shape index (κ3) is 6.43. The number of unbranched alkanes of at least 4 members (excludes halogenated alkanes) is 1. The Labute approximate surface area is 145 Å². The standard InChI is InChI=1S/C18H34O6/c1-5-6-8-12(2)9-7-10-18(3,4)24-17-16(22)15(21)14(20)13(11-19)23-17/h13-17,19-22H,2,5-11H2,1,3-4H3/t13-,14-,15+,16-,17+/m1/s1. The topological polar surface area (TPSA) is 99.4 Å². The maximum atomic E-state index is 10.0. The van der Waals surface area contributed by atoms with Crippen LogP contribution in [0.4, 0.5) is 0 Å². The predicted octanol–water partition coefficient (Wildman–Crippen LogP) is 1.50. The van der Waals surface area contributed by atoms with Gasteiger partial charge in [-0.1, -0.05) is 25.5 Å². The molecule has 1 saturated heterocycles. The molecule has 1 heterocycles. The van der Waals surface area contributed by atoms with Crippen LogP contribution in [0.5, 0.6) is 0 Å². The molecular formula is C18H34O6. The molecule has 1 fully saturated rings. The van der Waals surface area contributed by atoms with E-state index in [9.17, 15) is 20.4 Å². The van der Waals surface area contributed by atoms with Gasteiger partial charge >= 0.3 is 0 Å². The van der Waals surface area contributed by atoms with Crippen LogP contribution >= 0.6 is 0 Å². The highest BCUT2D eigenvalue weighted by atomic mass is 16.7. The summed E-state index contributed by atoms with van der Waals surface area (Å²) in [5, 5.41) is 38.9. The minimum Gasteiger partial charge on any atom is -0.394 e. The fourth-order valence-corrected chi connectivity index (χ4v) is 2.85. The van der Waals surface area contributed by atoms with Crippen LogP contribution in [0.1, 0.15) is 59.3 Å². The molecule has 4 N–H and O–H groups in total. The minimum absolute atomic E-state index is 0.456. The first-order chi connectivity index (χ1) is 11.2. The summed E-state index contributed by atoms with van der Waals surface area (Å²) in [6.07, 6.45) is -0.223. The molecule has 1 rings (SSSR count). The quantitative estimate of drug-likeness (QED) is 0.447. The summed E-state index contributed by atoms with van der Waals surface area (Å²) in [4.78, 5) is 0. The van der Waals surface area contributed by atoms with Crippen molar-refractivity contribution in [1.82, 2.24) is 0 Å². The average molecular weight is 346 g/mol. The Morgan fingerprint density at radius 2 is 1.71 bits per heavy atom. The first kappa shape index (κ1) is 21.5. The van der Waals surface area contributed by atoms with E-state index in [4.69, 9.17) is 9.47 Å². The Balaban J connectivity index is 2.48. The third-order valence-electron chi connectivity index (χ3n) is 4.48. The molecule has 0 radical (unpaired) electrons. The van der Waals surface area contributed by atoms with Crippen LogP contribution in [-0.4, -0.2) is 63.3 Å². The summed E-state index contributed by atoms with van der Waals surface area (Å²) in [6, 6.07) is 0. The molecule has 6 heteroatoms. The highest BCUT2D eigenvalue weighted by Crippen LogP contribution is 2.28. The van der Waals surface area contributed by atoms with E-state index in [0.29, 0.717) is 0 Å². The lowest BCUT2D eigenvalue weighted by atomic mass is 9.96. The van der Waals surface area contributed by atoms with Gasteiger partial charge < -0.3 is 29.9 Å². The van der Waals surface area contributed by atoms with Gasteiger partial charge in [0.1, 0.15) is 24.4 Å². The SMILES string of the molecule is C=C(CCCC)CCCC(C)(C)O[C@@H]1O[C@H](CO)[C@@H](O)[C@H](O)[C@H]1O. The van der Waals surface area contributed by atoms with E-state index in [0.717, 1.165) is 38.5 Å². The van der Waals surface area contributed by atoms with Crippen LogP contribution in [0.3, 0.4) is 0 Å². The lowest BCUT2D eigenvalue weighted by Gasteiger charge is -2.42. The number of allylic oxidation sites excluding steroid dienone is 1. The molecule has 142 valence electrons. The number of aliphatic hydroxyl groups excluding tert-OH is 4. The summed E-state index contributed by atoms with van der Waals surface area (Å²) in [5.41, 5.74) is 0.666. The molecule has 0 saturated carbocycles. The van der Waals surface area contributed by atoms with Gasteiger partial charge in [0.2, 0.25) is 0 Å². The van der Waals surface area contributed by atoms with Gasteiger partial charge in [0.15, 0.2) is 6.29 Å². The zero-order valence-corrected chi connectivity index (χ0v) is 15.1. The smallest absolute Gasteiger partial charge is 0.187 e. The minimum atomic E-state index is -1.41. The van der Waals surface area contributed by atoms with E-state index in [1.807, 2.05) is 13.8 Å². The highest BCUT2D eigenvalue weighted by Gasteiger charge is 2.45. The maximum Gasteiger partial charge on any atom is 0.187 e. The molecule has 1 aliphatic heterocycles. The van der Waals surface area contributed by atoms with Crippen molar-refractivity contribution in [3.63, 3.8) is 0 Å². The Morgan fingerprint density at radius 3 is 2.29 bits per heavy atom. The molecule has 0 aromatic heterocycles. The van der Waals surface area contributed by atoms with Crippen LogP contribution in [0.15, 0.2) is 12.2 Å². The molecule has 1 aliphatic rings. The summed E-state index contributed by atoms with van der Waals surface area (Å²) in [6.45, 7) is 9.57. The first-order valence-corrected chi connectivity index (χ1v) is 8.86. The van der Waals surface area contributed by atoms with Gasteiger partial charge in [-0.3, -0.25) is 0 Å². The number of ether oxygens (including phenoxy) is 2. The summed E-state index contributed by atoms with van der Waals surface area (Å²) in [7, 11) is 0. The molecule has 0 aromatic carbocycles. The van der Waals surface area contributed by atoms with E-state index in [2.05, 4.69) is 13.5 Å². The molecule has 0 bridgehead atoms. The molecule has 0 aliphatic carbocycles. The average Bonchev–Trinajstić information content (AvgIpc) is 2.53. The number of rotatable bonds is 10. The Kier molecular flexibility index (Phi) is 8.84. The zero-order valence-electron chi connectivity index (χ0n) is 15.1. The predicted molar refractivity (Wildman–Crippen MR) is 91.4 cm³/mol. The molecule has 0 aromatic rings. The third-order valence-corrected chi connectivity index (χ3v) is 4.48. The van der Waals surface area contributed by atoms with Crippen molar-refractivity contribution >= 4 is 0 Å². The van der Waals surface area contributed by atoms with Crippen LogP contribution in [0.2, 0.25) is 0 Å².